The zero-order valence-corrected chi connectivity index (χ0v) is 12.9. The van der Waals surface area contributed by atoms with Gasteiger partial charge in [0.15, 0.2) is 0 Å². The maximum atomic E-state index is 13.3. The first kappa shape index (κ1) is 14.4. The van der Waals surface area contributed by atoms with Crippen LogP contribution in [0, 0.1) is 5.82 Å². The van der Waals surface area contributed by atoms with Gasteiger partial charge >= 0.3 is 5.97 Å². The third kappa shape index (κ3) is 2.76. The molecule has 0 spiro atoms. The van der Waals surface area contributed by atoms with Crippen LogP contribution in [0.15, 0.2) is 24.3 Å². The van der Waals surface area contributed by atoms with E-state index in [1.807, 2.05) is 6.07 Å². The summed E-state index contributed by atoms with van der Waals surface area (Å²) in [5.74, 6) is -1.02. The second kappa shape index (κ2) is 5.66. The summed E-state index contributed by atoms with van der Waals surface area (Å²) in [6, 6.07) is 6.11. The topological polar surface area (TPSA) is 38.3 Å². The number of methoxy groups -OCH3 is 1. The van der Waals surface area contributed by atoms with Gasteiger partial charge in [0.25, 0.3) is 0 Å². The normalized spacial score (nSPS) is 16.6. The number of benzene rings is 1. The van der Waals surface area contributed by atoms with Crippen molar-refractivity contribution in [3.05, 3.63) is 50.4 Å². The van der Waals surface area contributed by atoms with Gasteiger partial charge in [0.2, 0.25) is 0 Å². The monoisotopic (exact) mass is 325 g/mol. The summed E-state index contributed by atoms with van der Waals surface area (Å²) in [5.41, 5.74) is 1.93. The van der Waals surface area contributed by atoms with Crippen molar-refractivity contribution in [2.45, 2.75) is 18.9 Å². The summed E-state index contributed by atoms with van der Waals surface area (Å²) >= 11 is 7.62. The number of hydrogen-bond donors (Lipinski definition) is 1. The largest absolute Gasteiger partial charge is 0.465 e. The van der Waals surface area contributed by atoms with Gasteiger partial charge in [0.1, 0.15) is 5.82 Å². The van der Waals surface area contributed by atoms with Crippen LogP contribution in [0.3, 0.4) is 0 Å². The molecule has 0 amide bonds. The van der Waals surface area contributed by atoms with Gasteiger partial charge in [0, 0.05) is 10.6 Å². The molecule has 0 aliphatic heterocycles. The van der Waals surface area contributed by atoms with Crippen LogP contribution in [0.5, 0.6) is 0 Å². The summed E-state index contributed by atoms with van der Waals surface area (Å²) in [7, 11) is 1.28. The Morgan fingerprint density at radius 2 is 2.29 bits per heavy atom. The number of esters is 1. The van der Waals surface area contributed by atoms with Gasteiger partial charge in [-0.25, -0.2) is 9.18 Å². The van der Waals surface area contributed by atoms with Gasteiger partial charge in [-0.3, -0.25) is 0 Å². The van der Waals surface area contributed by atoms with Gasteiger partial charge in [-0.05, 0) is 42.7 Å². The van der Waals surface area contributed by atoms with Crippen molar-refractivity contribution >= 4 is 34.6 Å². The van der Waals surface area contributed by atoms with Crippen LogP contribution >= 0.6 is 22.9 Å². The Morgan fingerprint density at radius 3 is 3.05 bits per heavy atom. The summed E-state index contributed by atoms with van der Waals surface area (Å²) in [5, 5.41) is 3.30. The highest BCUT2D eigenvalue weighted by molar-refractivity contribution is 7.16. The molecule has 0 saturated heterocycles. The zero-order chi connectivity index (χ0) is 15.0. The maximum Gasteiger partial charge on any atom is 0.340 e. The predicted molar refractivity (Wildman–Crippen MR) is 81.8 cm³/mol. The molecule has 0 saturated carbocycles. The third-order valence-corrected chi connectivity index (χ3v) is 4.90. The number of carbonyl (C=O) groups is 1. The fourth-order valence-corrected chi connectivity index (χ4v) is 3.95. The van der Waals surface area contributed by atoms with Crippen LogP contribution in [0.4, 0.5) is 10.1 Å². The summed E-state index contributed by atoms with van der Waals surface area (Å²) < 4.78 is 18.8. The van der Waals surface area contributed by atoms with E-state index in [-0.39, 0.29) is 11.6 Å². The molecule has 6 heteroatoms. The molecule has 1 unspecified atom stereocenters. The molecule has 0 fully saturated rings. The zero-order valence-electron chi connectivity index (χ0n) is 11.3. The number of carbonyl (C=O) groups excluding carboxylic acids is 1. The first-order chi connectivity index (χ1) is 10.1. The van der Waals surface area contributed by atoms with Crippen LogP contribution in [-0.4, -0.2) is 13.1 Å². The minimum absolute atomic E-state index is 0.0811. The van der Waals surface area contributed by atoms with Gasteiger partial charge in [0.05, 0.1) is 23.1 Å². The molecule has 1 atom stereocenters. The van der Waals surface area contributed by atoms with Crippen molar-refractivity contribution in [2.75, 3.05) is 12.4 Å². The lowest BCUT2D eigenvalue weighted by Crippen LogP contribution is -2.12. The number of anilines is 1. The second-order valence-corrected chi connectivity index (χ2v) is 6.61. The molecule has 1 aromatic heterocycles. The third-order valence-electron chi connectivity index (χ3n) is 3.56. The standard InChI is InChI=1S/C15H13ClFNO2S/c1-20-15(19)10-6-8(17)2-3-12(10)18-11-4-5-13-9(11)7-14(16)21-13/h2-3,6-7,11,18H,4-5H2,1H3. The molecular formula is C15H13ClFNO2S. The van der Waals surface area contributed by atoms with Crippen LogP contribution in [0.2, 0.25) is 4.34 Å². The van der Waals surface area contributed by atoms with Crippen LogP contribution in [-0.2, 0) is 11.2 Å². The van der Waals surface area contributed by atoms with Crippen LogP contribution < -0.4 is 5.32 Å². The quantitative estimate of drug-likeness (QED) is 0.849. The Morgan fingerprint density at radius 1 is 1.48 bits per heavy atom. The van der Waals surface area contributed by atoms with E-state index in [1.165, 1.54) is 24.1 Å². The number of aryl methyl sites for hydroxylation is 1. The van der Waals surface area contributed by atoms with Crippen molar-refractivity contribution in [1.82, 2.24) is 0 Å². The van der Waals surface area contributed by atoms with E-state index >= 15 is 0 Å². The van der Waals surface area contributed by atoms with E-state index in [4.69, 9.17) is 16.3 Å². The highest BCUT2D eigenvalue weighted by Gasteiger charge is 2.26. The molecule has 2 aromatic rings. The number of hydrogen-bond acceptors (Lipinski definition) is 4. The lowest BCUT2D eigenvalue weighted by molar-refractivity contribution is 0.0601. The number of rotatable bonds is 3. The average molecular weight is 326 g/mol. The summed E-state index contributed by atoms with van der Waals surface area (Å²) in [6.07, 6.45) is 1.88. The molecule has 0 bridgehead atoms. The fraction of sp³-hybridized carbons (Fsp3) is 0.267. The van der Waals surface area contributed by atoms with Crippen molar-refractivity contribution in [1.29, 1.82) is 0 Å². The van der Waals surface area contributed by atoms with Crippen molar-refractivity contribution in [3.8, 4) is 0 Å². The number of nitrogens with one attached hydrogen (secondary N) is 1. The number of ether oxygens (including phenoxy) is 1. The molecular weight excluding hydrogens is 313 g/mol. The van der Waals surface area contributed by atoms with E-state index < -0.39 is 11.8 Å². The molecule has 0 radical (unpaired) electrons. The minimum Gasteiger partial charge on any atom is -0.465 e. The Labute approximate surface area is 130 Å². The molecule has 21 heavy (non-hydrogen) atoms. The van der Waals surface area contributed by atoms with Gasteiger partial charge in [-0.1, -0.05) is 11.6 Å². The van der Waals surface area contributed by atoms with Gasteiger partial charge < -0.3 is 10.1 Å². The lowest BCUT2D eigenvalue weighted by atomic mass is 10.1. The van der Waals surface area contributed by atoms with E-state index in [0.29, 0.717) is 5.69 Å². The van der Waals surface area contributed by atoms with Crippen LogP contribution in [0.1, 0.15) is 33.3 Å². The van der Waals surface area contributed by atoms with E-state index in [0.717, 1.165) is 22.7 Å². The molecule has 1 N–H and O–H groups in total. The Bertz CT molecular complexity index is 701. The average Bonchev–Trinajstić information content (AvgIpc) is 3.00. The molecule has 3 nitrogen and oxygen atoms in total. The Hall–Kier alpha value is -1.59. The van der Waals surface area contributed by atoms with E-state index in [9.17, 15) is 9.18 Å². The highest BCUT2D eigenvalue weighted by Crippen LogP contribution is 2.41. The smallest absolute Gasteiger partial charge is 0.340 e. The highest BCUT2D eigenvalue weighted by atomic mass is 35.5. The van der Waals surface area contributed by atoms with Gasteiger partial charge in [-0.2, -0.15) is 0 Å². The first-order valence-corrected chi connectivity index (χ1v) is 7.70. The van der Waals surface area contributed by atoms with Crippen molar-refractivity contribution < 1.29 is 13.9 Å². The van der Waals surface area contributed by atoms with Crippen molar-refractivity contribution in [2.24, 2.45) is 0 Å². The second-order valence-electron chi connectivity index (χ2n) is 4.85. The van der Waals surface area contributed by atoms with E-state index in [2.05, 4.69) is 5.32 Å². The fourth-order valence-electron chi connectivity index (χ4n) is 2.59. The van der Waals surface area contributed by atoms with Crippen LogP contribution in [0.25, 0.3) is 0 Å². The number of fused-ring (bicyclic) bond motifs is 1. The summed E-state index contributed by atoms with van der Waals surface area (Å²) in [4.78, 5) is 13.0. The Balaban J connectivity index is 1.90. The molecule has 3 rings (SSSR count). The lowest BCUT2D eigenvalue weighted by Gasteiger charge is -2.17. The molecule has 110 valence electrons. The number of thiophene rings is 1. The summed E-state index contributed by atoms with van der Waals surface area (Å²) in [6.45, 7) is 0. The molecule has 1 aromatic carbocycles. The molecule has 1 aliphatic rings. The number of halogens is 2. The van der Waals surface area contributed by atoms with E-state index in [1.54, 1.807) is 17.4 Å². The Kier molecular flexibility index (Phi) is 3.87. The molecule has 1 aliphatic carbocycles. The maximum absolute atomic E-state index is 13.3. The first-order valence-electron chi connectivity index (χ1n) is 6.51. The van der Waals surface area contributed by atoms with Gasteiger partial charge in [-0.15, -0.1) is 11.3 Å². The predicted octanol–water partition coefficient (Wildman–Crippen LogP) is 4.43. The minimum atomic E-state index is -0.557. The van der Waals surface area contributed by atoms with Crippen molar-refractivity contribution in [3.63, 3.8) is 0 Å². The SMILES string of the molecule is COC(=O)c1cc(F)ccc1NC1CCc2sc(Cl)cc21. The molecule has 1 heterocycles.